The summed E-state index contributed by atoms with van der Waals surface area (Å²) in [5, 5.41) is 0. The second-order valence-electron chi connectivity index (χ2n) is 4.30. The van der Waals surface area contributed by atoms with Crippen LogP contribution in [0.5, 0.6) is 0 Å². The molecule has 0 atom stereocenters. The number of carbonyl (C=O) groups excluding carboxylic acids is 1. The average Bonchev–Trinajstić information content (AvgIpc) is 2.82. The lowest BCUT2D eigenvalue weighted by Crippen LogP contribution is -1.93. The van der Waals surface area contributed by atoms with E-state index >= 15 is 0 Å². The zero-order valence-corrected chi connectivity index (χ0v) is 12.9. The van der Waals surface area contributed by atoms with Crippen molar-refractivity contribution in [2.45, 2.75) is 26.7 Å². The molecule has 0 unspecified atom stereocenters. The molecule has 0 saturated carbocycles. The molecule has 0 fully saturated rings. The highest BCUT2D eigenvalue weighted by Crippen LogP contribution is 2.33. The van der Waals surface area contributed by atoms with Crippen LogP contribution in [-0.2, 0) is 0 Å². The summed E-state index contributed by atoms with van der Waals surface area (Å²) in [7, 11) is 0. The fourth-order valence-electron chi connectivity index (χ4n) is 1.84. The Morgan fingerprint density at radius 3 is 2.78 bits per heavy atom. The standard InChI is InChI=1S/C15H15BrOS/c1-3-4-13(17)15-8-7-14(18-15)12-9-11(16)6-5-10(12)2/h5-9H,3-4H2,1-2H3. The van der Waals surface area contributed by atoms with Gasteiger partial charge in [0.15, 0.2) is 5.78 Å². The smallest absolute Gasteiger partial charge is 0.172 e. The van der Waals surface area contributed by atoms with Gasteiger partial charge >= 0.3 is 0 Å². The number of Topliss-reactive ketones (excluding diaryl/α,β-unsaturated/α-hetero) is 1. The summed E-state index contributed by atoms with van der Waals surface area (Å²) in [4.78, 5) is 13.9. The van der Waals surface area contributed by atoms with Gasteiger partial charge in [0.1, 0.15) is 0 Å². The number of aryl methyl sites for hydroxylation is 1. The van der Waals surface area contributed by atoms with E-state index in [1.807, 2.05) is 25.1 Å². The molecule has 1 nitrogen and oxygen atoms in total. The highest BCUT2D eigenvalue weighted by Gasteiger charge is 2.11. The second kappa shape index (κ2) is 5.81. The molecular weight excluding hydrogens is 308 g/mol. The van der Waals surface area contributed by atoms with Gasteiger partial charge in [-0.3, -0.25) is 4.79 Å². The second-order valence-corrected chi connectivity index (χ2v) is 6.30. The van der Waals surface area contributed by atoms with Crippen LogP contribution in [0.2, 0.25) is 0 Å². The molecule has 0 bridgehead atoms. The van der Waals surface area contributed by atoms with E-state index in [0.717, 1.165) is 20.6 Å². The van der Waals surface area contributed by atoms with Gasteiger partial charge in [0.2, 0.25) is 0 Å². The Balaban J connectivity index is 2.35. The van der Waals surface area contributed by atoms with E-state index in [1.165, 1.54) is 11.1 Å². The Labute approximate surface area is 120 Å². The summed E-state index contributed by atoms with van der Waals surface area (Å²) in [6, 6.07) is 10.2. The van der Waals surface area contributed by atoms with Gasteiger partial charge in [0.25, 0.3) is 0 Å². The van der Waals surface area contributed by atoms with E-state index in [9.17, 15) is 4.79 Å². The summed E-state index contributed by atoms with van der Waals surface area (Å²) in [5.41, 5.74) is 2.43. The molecule has 0 aliphatic carbocycles. The van der Waals surface area contributed by atoms with Gasteiger partial charge in [0, 0.05) is 15.8 Å². The Hall–Kier alpha value is -0.930. The summed E-state index contributed by atoms with van der Waals surface area (Å²) in [5.74, 6) is 0.251. The number of carbonyl (C=O) groups is 1. The van der Waals surface area contributed by atoms with Crippen LogP contribution < -0.4 is 0 Å². The maximum atomic E-state index is 11.8. The van der Waals surface area contributed by atoms with Crippen LogP contribution in [0.4, 0.5) is 0 Å². The van der Waals surface area contributed by atoms with Crippen molar-refractivity contribution in [1.82, 2.24) is 0 Å². The lowest BCUT2D eigenvalue weighted by atomic mass is 10.1. The van der Waals surface area contributed by atoms with Crippen LogP contribution in [0, 0.1) is 6.92 Å². The minimum atomic E-state index is 0.251. The molecule has 0 saturated heterocycles. The minimum Gasteiger partial charge on any atom is -0.293 e. The quantitative estimate of drug-likeness (QED) is 0.682. The van der Waals surface area contributed by atoms with Gasteiger partial charge in [-0.15, -0.1) is 11.3 Å². The number of benzene rings is 1. The normalized spacial score (nSPS) is 10.6. The van der Waals surface area contributed by atoms with Gasteiger partial charge in [-0.25, -0.2) is 0 Å². The maximum Gasteiger partial charge on any atom is 0.172 e. The van der Waals surface area contributed by atoms with Crippen molar-refractivity contribution < 1.29 is 4.79 Å². The minimum absolute atomic E-state index is 0.251. The van der Waals surface area contributed by atoms with Crippen LogP contribution in [-0.4, -0.2) is 5.78 Å². The highest BCUT2D eigenvalue weighted by atomic mass is 79.9. The van der Waals surface area contributed by atoms with E-state index in [2.05, 4.69) is 35.0 Å². The SMILES string of the molecule is CCCC(=O)c1ccc(-c2cc(Br)ccc2C)s1. The van der Waals surface area contributed by atoms with E-state index in [4.69, 9.17) is 0 Å². The third-order valence-electron chi connectivity index (χ3n) is 2.82. The molecule has 3 heteroatoms. The summed E-state index contributed by atoms with van der Waals surface area (Å²) >= 11 is 5.08. The lowest BCUT2D eigenvalue weighted by Gasteiger charge is -2.03. The molecule has 1 aromatic carbocycles. The number of halogens is 1. The van der Waals surface area contributed by atoms with Crippen molar-refractivity contribution in [2.24, 2.45) is 0 Å². The first-order valence-electron chi connectivity index (χ1n) is 6.01. The predicted octanol–water partition coefficient (Wildman–Crippen LogP) is 5.47. The van der Waals surface area contributed by atoms with E-state index < -0.39 is 0 Å². The van der Waals surface area contributed by atoms with Crippen molar-refractivity contribution in [2.75, 3.05) is 0 Å². The number of hydrogen-bond acceptors (Lipinski definition) is 2. The molecule has 1 aromatic heterocycles. The first kappa shape index (κ1) is 13.5. The first-order valence-corrected chi connectivity index (χ1v) is 7.62. The molecule has 2 aromatic rings. The molecule has 1 heterocycles. The number of ketones is 1. The molecule has 0 aliphatic heterocycles. The fraction of sp³-hybridized carbons (Fsp3) is 0.267. The van der Waals surface area contributed by atoms with Crippen LogP contribution in [0.15, 0.2) is 34.8 Å². The van der Waals surface area contributed by atoms with Crippen molar-refractivity contribution in [3.8, 4) is 10.4 Å². The molecule has 2 rings (SSSR count). The number of rotatable bonds is 4. The van der Waals surface area contributed by atoms with Crippen LogP contribution in [0.1, 0.15) is 35.0 Å². The molecule has 94 valence electrons. The van der Waals surface area contributed by atoms with Crippen molar-refractivity contribution in [3.05, 3.63) is 45.2 Å². The zero-order chi connectivity index (χ0) is 13.1. The number of thiophene rings is 1. The van der Waals surface area contributed by atoms with Crippen LogP contribution >= 0.6 is 27.3 Å². The monoisotopic (exact) mass is 322 g/mol. The molecular formula is C15H15BrOS. The van der Waals surface area contributed by atoms with Crippen molar-refractivity contribution in [1.29, 1.82) is 0 Å². The molecule has 0 spiro atoms. The average molecular weight is 323 g/mol. The third-order valence-corrected chi connectivity index (χ3v) is 4.48. The van der Waals surface area contributed by atoms with Gasteiger partial charge in [0.05, 0.1) is 4.88 Å². The van der Waals surface area contributed by atoms with E-state index in [1.54, 1.807) is 11.3 Å². The molecule has 18 heavy (non-hydrogen) atoms. The Kier molecular flexibility index (Phi) is 4.36. The summed E-state index contributed by atoms with van der Waals surface area (Å²) in [6.07, 6.45) is 1.54. The predicted molar refractivity (Wildman–Crippen MR) is 81.4 cm³/mol. The van der Waals surface area contributed by atoms with E-state index in [-0.39, 0.29) is 5.78 Å². The van der Waals surface area contributed by atoms with E-state index in [0.29, 0.717) is 6.42 Å². The van der Waals surface area contributed by atoms with Crippen molar-refractivity contribution >= 4 is 33.0 Å². The van der Waals surface area contributed by atoms with Crippen molar-refractivity contribution in [3.63, 3.8) is 0 Å². The van der Waals surface area contributed by atoms with Crippen LogP contribution in [0.25, 0.3) is 10.4 Å². The Bertz CT molecular complexity index is 572. The molecule has 0 N–H and O–H groups in total. The largest absolute Gasteiger partial charge is 0.293 e. The summed E-state index contributed by atoms with van der Waals surface area (Å²) in [6.45, 7) is 4.12. The first-order chi connectivity index (χ1) is 8.61. The topological polar surface area (TPSA) is 17.1 Å². The van der Waals surface area contributed by atoms with Gasteiger partial charge in [-0.1, -0.05) is 28.9 Å². The maximum absolute atomic E-state index is 11.8. The fourth-order valence-corrected chi connectivity index (χ4v) is 3.26. The van der Waals surface area contributed by atoms with Crippen LogP contribution in [0.3, 0.4) is 0 Å². The Morgan fingerprint density at radius 1 is 1.28 bits per heavy atom. The molecule has 0 aliphatic rings. The van der Waals surface area contributed by atoms with Gasteiger partial charge < -0.3 is 0 Å². The highest BCUT2D eigenvalue weighted by molar-refractivity contribution is 9.10. The van der Waals surface area contributed by atoms with Gasteiger partial charge in [-0.05, 0) is 48.7 Å². The number of hydrogen-bond donors (Lipinski definition) is 0. The van der Waals surface area contributed by atoms with Gasteiger partial charge in [-0.2, -0.15) is 0 Å². The zero-order valence-electron chi connectivity index (χ0n) is 10.5. The Morgan fingerprint density at radius 2 is 2.06 bits per heavy atom. The molecule has 0 radical (unpaired) electrons. The molecule has 0 amide bonds. The summed E-state index contributed by atoms with van der Waals surface area (Å²) < 4.78 is 1.07. The lowest BCUT2D eigenvalue weighted by molar-refractivity contribution is 0.0985. The third kappa shape index (κ3) is 2.90.